The molecular weight excluding hydrogens is 228 g/mol. The van der Waals surface area contributed by atoms with Gasteiger partial charge in [0.2, 0.25) is 0 Å². The molecule has 1 aromatic rings. The summed E-state index contributed by atoms with van der Waals surface area (Å²) < 4.78 is 1.13. The van der Waals surface area contributed by atoms with Crippen molar-refractivity contribution >= 4 is 21.6 Å². The van der Waals surface area contributed by atoms with Crippen molar-refractivity contribution in [1.82, 2.24) is 0 Å². The standard InChI is InChI=1S/C10H15BrN2/c1-2-8-7-9(11)3-4-10(8)13-6-5-12/h3-4,7,13H,2,5-6,12H2,1H3. The quantitative estimate of drug-likeness (QED) is 0.852. The van der Waals surface area contributed by atoms with Crippen LogP contribution in [0, 0.1) is 0 Å². The Balaban J connectivity index is 2.79. The van der Waals surface area contributed by atoms with Gasteiger partial charge in [0.1, 0.15) is 0 Å². The van der Waals surface area contributed by atoms with Crippen molar-refractivity contribution in [2.45, 2.75) is 13.3 Å². The van der Waals surface area contributed by atoms with E-state index in [2.05, 4.69) is 40.3 Å². The van der Waals surface area contributed by atoms with Crippen LogP contribution >= 0.6 is 15.9 Å². The smallest absolute Gasteiger partial charge is 0.0373 e. The van der Waals surface area contributed by atoms with E-state index in [1.807, 2.05) is 6.07 Å². The molecule has 0 spiro atoms. The van der Waals surface area contributed by atoms with Crippen LogP contribution in [0.1, 0.15) is 12.5 Å². The Morgan fingerprint density at radius 1 is 1.46 bits per heavy atom. The van der Waals surface area contributed by atoms with Crippen molar-refractivity contribution in [3.05, 3.63) is 28.2 Å². The molecule has 0 radical (unpaired) electrons. The van der Waals surface area contributed by atoms with Gasteiger partial charge in [0.05, 0.1) is 0 Å². The molecule has 72 valence electrons. The van der Waals surface area contributed by atoms with Crippen LogP contribution in [-0.2, 0) is 6.42 Å². The molecule has 0 aromatic heterocycles. The van der Waals surface area contributed by atoms with E-state index in [4.69, 9.17) is 5.73 Å². The number of rotatable bonds is 4. The summed E-state index contributed by atoms with van der Waals surface area (Å²) in [6.45, 7) is 3.64. The summed E-state index contributed by atoms with van der Waals surface area (Å²) in [7, 11) is 0. The molecule has 2 nitrogen and oxygen atoms in total. The first-order chi connectivity index (χ1) is 6.27. The molecule has 0 unspecified atom stereocenters. The molecule has 13 heavy (non-hydrogen) atoms. The molecule has 0 fully saturated rings. The van der Waals surface area contributed by atoms with Crippen molar-refractivity contribution in [2.24, 2.45) is 5.73 Å². The van der Waals surface area contributed by atoms with Crippen molar-refractivity contribution in [3.63, 3.8) is 0 Å². The number of nitrogens with two attached hydrogens (primary N) is 1. The van der Waals surface area contributed by atoms with E-state index in [9.17, 15) is 0 Å². The maximum atomic E-state index is 5.43. The highest BCUT2D eigenvalue weighted by molar-refractivity contribution is 9.10. The van der Waals surface area contributed by atoms with Gasteiger partial charge in [-0.2, -0.15) is 0 Å². The van der Waals surface area contributed by atoms with Gasteiger partial charge in [-0.15, -0.1) is 0 Å². The first kappa shape index (κ1) is 10.5. The molecule has 0 saturated heterocycles. The second kappa shape index (κ2) is 5.25. The highest BCUT2D eigenvalue weighted by Gasteiger charge is 1.99. The van der Waals surface area contributed by atoms with Crippen molar-refractivity contribution in [1.29, 1.82) is 0 Å². The van der Waals surface area contributed by atoms with Crippen molar-refractivity contribution < 1.29 is 0 Å². The van der Waals surface area contributed by atoms with E-state index >= 15 is 0 Å². The van der Waals surface area contributed by atoms with Gasteiger partial charge in [-0.3, -0.25) is 0 Å². The highest BCUT2D eigenvalue weighted by Crippen LogP contribution is 2.21. The topological polar surface area (TPSA) is 38.0 Å². The summed E-state index contributed by atoms with van der Waals surface area (Å²) in [6, 6.07) is 6.26. The minimum atomic E-state index is 0.666. The van der Waals surface area contributed by atoms with Gasteiger partial charge in [0.25, 0.3) is 0 Å². The number of halogens is 1. The highest BCUT2D eigenvalue weighted by atomic mass is 79.9. The third kappa shape index (κ3) is 3.01. The van der Waals surface area contributed by atoms with Crippen LogP contribution in [0.3, 0.4) is 0 Å². The zero-order chi connectivity index (χ0) is 9.68. The summed E-state index contributed by atoms with van der Waals surface area (Å²) >= 11 is 3.45. The third-order valence-electron chi connectivity index (χ3n) is 1.91. The first-order valence-corrected chi connectivity index (χ1v) is 5.29. The molecule has 0 amide bonds. The Hall–Kier alpha value is -0.540. The molecule has 3 heteroatoms. The van der Waals surface area contributed by atoms with Crippen LogP contribution in [-0.4, -0.2) is 13.1 Å². The fourth-order valence-electron chi connectivity index (χ4n) is 1.23. The van der Waals surface area contributed by atoms with Gasteiger partial charge in [0.15, 0.2) is 0 Å². The first-order valence-electron chi connectivity index (χ1n) is 4.50. The lowest BCUT2D eigenvalue weighted by molar-refractivity contribution is 1.01. The van der Waals surface area contributed by atoms with E-state index in [-0.39, 0.29) is 0 Å². The summed E-state index contributed by atoms with van der Waals surface area (Å²) in [6.07, 6.45) is 1.03. The van der Waals surface area contributed by atoms with E-state index in [0.717, 1.165) is 17.4 Å². The van der Waals surface area contributed by atoms with E-state index in [1.165, 1.54) is 11.3 Å². The Labute approximate surface area is 87.6 Å². The molecule has 1 rings (SSSR count). The predicted octanol–water partition coefficient (Wildman–Crippen LogP) is 2.38. The lowest BCUT2D eigenvalue weighted by Crippen LogP contribution is -2.13. The van der Waals surface area contributed by atoms with E-state index in [1.54, 1.807) is 0 Å². The molecule has 0 atom stereocenters. The number of hydrogen-bond acceptors (Lipinski definition) is 2. The molecule has 0 aliphatic heterocycles. The number of aryl methyl sites for hydroxylation is 1. The summed E-state index contributed by atoms with van der Waals surface area (Å²) in [4.78, 5) is 0. The molecule has 0 aliphatic rings. The second-order valence-corrected chi connectivity index (χ2v) is 3.79. The molecule has 1 aromatic carbocycles. The van der Waals surface area contributed by atoms with Crippen LogP contribution in [0.2, 0.25) is 0 Å². The fourth-order valence-corrected chi connectivity index (χ4v) is 1.64. The maximum absolute atomic E-state index is 5.43. The lowest BCUT2D eigenvalue weighted by atomic mass is 10.1. The SMILES string of the molecule is CCc1cc(Br)ccc1NCCN. The van der Waals surface area contributed by atoms with Gasteiger partial charge < -0.3 is 11.1 Å². The van der Waals surface area contributed by atoms with Crippen LogP contribution in [0.5, 0.6) is 0 Å². The Morgan fingerprint density at radius 3 is 2.85 bits per heavy atom. The summed E-state index contributed by atoms with van der Waals surface area (Å²) in [5, 5.41) is 3.30. The second-order valence-electron chi connectivity index (χ2n) is 2.87. The molecular formula is C10H15BrN2. The summed E-state index contributed by atoms with van der Waals surface area (Å²) in [5.41, 5.74) is 7.94. The Bertz CT molecular complexity index is 274. The van der Waals surface area contributed by atoms with Gasteiger partial charge in [0, 0.05) is 23.2 Å². The minimum absolute atomic E-state index is 0.666. The predicted molar refractivity (Wildman–Crippen MR) is 61.1 cm³/mol. The van der Waals surface area contributed by atoms with Crippen LogP contribution in [0.25, 0.3) is 0 Å². The van der Waals surface area contributed by atoms with E-state index < -0.39 is 0 Å². The number of nitrogens with one attached hydrogen (secondary N) is 1. The zero-order valence-corrected chi connectivity index (χ0v) is 9.39. The molecule has 0 aliphatic carbocycles. The van der Waals surface area contributed by atoms with Crippen molar-refractivity contribution in [3.8, 4) is 0 Å². The molecule has 0 heterocycles. The van der Waals surface area contributed by atoms with Gasteiger partial charge in [-0.25, -0.2) is 0 Å². The summed E-state index contributed by atoms with van der Waals surface area (Å²) in [5.74, 6) is 0. The zero-order valence-electron chi connectivity index (χ0n) is 7.81. The van der Waals surface area contributed by atoms with E-state index in [0.29, 0.717) is 6.54 Å². The van der Waals surface area contributed by atoms with Gasteiger partial charge in [-0.1, -0.05) is 22.9 Å². The lowest BCUT2D eigenvalue weighted by Gasteiger charge is -2.10. The number of benzene rings is 1. The third-order valence-corrected chi connectivity index (χ3v) is 2.40. The molecule has 0 saturated carbocycles. The normalized spacial score (nSPS) is 10.1. The van der Waals surface area contributed by atoms with Crippen LogP contribution in [0.4, 0.5) is 5.69 Å². The average Bonchev–Trinajstić information content (AvgIpc) is 2.16. The Kier molecular flexibility index (Phi) is 4.25. The fraction of sp³-hybridized carbons (Fsp3) is 0.400. The number of anilines is 1. The van der Waals surface area contributed by atoms with Gasteiger partial charge in [-0.05, 0) is 30.2 Å². The average molecular weight is 243 g/mol. The number of hydrogen-bond donors (Lipinski definition) is 2. The van der Waals surface area contributed by atoms with Crippen LogP contribution < -0.4 is 11.1 Å². The molecule has 0 bridgehead atoms. The largest absolute Gasteiger partial charge is 0.384 e. The Morgan fingerprint density at radius 2 is 2.23 bits per heavy atom. The van der Waals surface area contributed by atoms with Gasteiger partial charge >= 0.3 is 0 Å². The maximum Gasteiger partial charge on any atom is 0.0373 e. The monoisotopic (exact) mass is 242 g/mol. The molecule has 3 N–H and O–H groups in total. The van der Waals surface area contributed by atoms with Crippen LogP contribution in [0.15, 0.2) is 22.7 Å². The van der Waals surface area contributed by atoms with Crippen molar-refractivity contribution in [2.75, 3.05) is 18.4 Å². The minimum Gasteiger partial charge on any atom is -0.384 e.